The normalized spacial score (nSPS) is 10.5. The number of rotatable bonds is 3. The maximum atomic E-state index is 12.1. The SMILES string of the molecule is O=Cc1ccc(-c2cc(=O)c3cc(C=O)ccc3o2)cc1. The Hall–Kier alpha value is -3.01. The van der Waals surface area contributed by atoms with Crippen molar-refractivity contribution >= 4 is 23.5 Å². The van der Waals surface area contributed by atoms with E-state index >= 15 is 0 Å². The van der Waals surface area contributed by atoms with Crippen LogP contribution < -0.4 is 5.43 Å². The third-order valence-corrected chi connectivity index (χ3v) is 3.22. The van der Waals surface area contributed by atoms with Gasteiger partial charge in [0.05, 0.1) is 5.39 Å². The predicted octanol–water partition coefficient (Wildman–Crippen LogP) is 3.09. The van der Waals surface area contributed by atoms with E-state index in [1.807, 2.05) is 0 Å². The van der Waals surface area contributed by atoms with Crippen LogP contribution in [-0.2, 0) is 0 Å². The molecule has 1 aromatic heterocycles. The summed E-state index contributed by atoms with van der Waals surface area (Å²) in [5.41, 5.74) is 1.89. The highest BCUT2D eigenvalue weighted by Crippen LogP contribution is 2.22. The standard InChI is InChI=1S/C17H10O4/c18-9-11-1-4-13(5-2-11)17-8-15(20)14-7-12(10-19)3-6-16(14)21-17/h1-10H. The number of hydrogen-bond acceptors (Lipinski definition) is 4. The lowest BCUT2D eigenvalue weighted by Crippen LogP contribution is -2.01. The molecule has 4 nitrogen and oxygen atoms in total. The topological polar surface area (TPSA) is 64.3 Å². The van der Waals surface area contributed by atoms with Gasteiger partial charge in [-0.1, -0.05) is 24.3 Å². The molecule has 3 rings (SSSR count). The molecule has 0 bridgehead atoms. The summed E-state index contributed by atoms with van der Waals surface area (Å²) in [7, 11) is 0. The van der Waals surface area contributed by atoms with E-state index in [4.69, 9.17) is 4.42 Å². The molecule has 2 aromatic carbocycles. The molecule has 0 saturated carbocycles. The van der Waals surface area contributed by atoms with E-state index in [0.717, 1.165) is 6.29 Å². The van der Waals surface area contributed by atoms with E-state index in [9.17, 15) is 14.4 Å². The van der Waals surface area contributed by atoms with Gasteiger partial charge in [0, 0.05) is 22.8 Å². The Kier molecular flexibility index (Phi) is 3.20. The van der Waals surface area contributed by atoms with Gasteiger partial charge in [-0.3, -0.25) is 14.4 Å². The minimum absolute atomic E-state index is 0.214. The van der Waals surface area contributed by atoms with Crippen molar-refractivity contribution in [1.29, 1.82) is 0 Å². The number of fused-ring (bicyclic) bond motifs is 1. The number of hydrogen-bond donors (Lipinski definition) is 0. The Morgan fingerprint density at radius 2 is 1.48 bits per heavy atom. The van der Waals surface area contributed by atoms with Crippen LogP contribution in [0.15, 0.2) is 57.7 Å². The van der Waals surface area contributed by atoms with Crippen LogP contribution in [-0.4, -0.2) is 12.6 Å². The fraction of sp³-hybridized carbons (Fsp3) is 0. The van der Waals surface area contributed by atoms with Crippen LogP contribution in [0.5, 0.6) is 0 Å². The minimum Gasteiger partial charge on any atom is -0.456 e. The molecular formula is C17H10O4. The molecule has 0 radical (unpaired) electrons. The average molecular weight is 278 g/mol. The van der Waals surface area contributed by atoms with Gasteiger partial charge in [-0.05, 0) is 18.2 Å². The third-order valence-electron chi connectivity index (χ3n) is 3.22. The first-order valence-electron chi connectivity index (χ1n) is 6.30. The van der Waals surface area contributed by atoms with Crippen LogP contribution in [0.1, 0.15) is 20.7 Å². The number of benzene rings is 2. The zero-order valence-corrected chi connectivity index (χ0v) is 10.9. The molecule has 0 aliphatic carbocycles. The second-order valence-corrected chi connectivity index (χ2v) is 4.59. The fourth-order valence-electron chi connectivity index (χ4n) is 2.12. The second kappa shape index (κ2) is 5.17. The number of aldehydes is 2. The van der Waals surface area contributed by atoms with Crippen LogP contribution in [0.25, 0.3) is 22.3 Å². The monoisotopic (exact) mass is 278 g/mol. The summed E-state index contributed by atoms with van der Waals surface area (Å²) in [6.45, 7) is 0. The average Bonchev–Trinajstić information content (AvgIpc) is 2.54. The van der Waals surface area contributed by atoms with Gasteiger partial charge in [0.25, 0.3) is 0 Å². The fourth-order valence-corrected chi connectivity index (χ4v) is 2.12. The Labute approximate surface area is 119 Å². The summed E-state index contributed by atoms with van der Waals surface area (Å²) >= 11 is 0. The van der Waals surface area contributed by atoms with Gasteiger partial charge in [-0.15, -0.1) is 0 Å². The highest BCUT2D eigenvalue weighted by Gasteiger charge is 2.07. The molecule has 0 fully saturated rings. The summed E-state index contributed by atoms with van der Waals surface area (Å²) in [4.78, 5) is 33.5. The quantitative estimate of drug-likeness (QED) is 0.690. The van der Waals surface area contributed by atoms with E-state index < -0.39 is 0 Å². The first-order valence-corrected chi connectivity index (χ1v) is 6.30. The summed E-state index contributed by atoms with van der Waals surface area (Å²) in [5.74, 6) is 0.420. The predicted molar refractivity (Wildman–Crippen MR) is 78.7 cm³/mol. The highest BCUT2D eigenvalue weighted by atomic mass is 16.3. The maximum Gasteiger partial charge on any atom is 0.193 e. The summed E-state index contributed by atoms with van der Waals surface area (Å²) < 4.78 is 5.70. The summed E-state index contributed by atoms with van der Waals surface area (Å²) in [5, 5.41) is 0.368. The lowest BCUT2D eigenvalue weighted by molar-refractivity contribution is 0.111. The highest BCUT2D eigenvalue weighted by molar-refractivity contribution is 5.86. The molecule has 0 unspecified atom stereocenters. The van der Waals surface area contributed by atoms with Crippen molar-refractivity contribution in [3.63, 3.8) is 0 Å². The Balaban J connectivity index is 2.17. The molecule has 4 heteroatoms. The lowest BCUT2D eigenvalue weighted by Gasteiger charge is -2.04. The van der Waals surface area contributed by atoms with E-state index in [2.05, 4.69) is 0 Å². The molecule has 1 heterocycles. The zero-order valence-electron chi connectivity index (χ0n) is 10.9. The molecule has 0 N–H and O–H groups in total. The number of carbonyl (C=O) groups is 2. The van der Waals surface area contributed by atoms with Crippen molar-refractivity contribution < 1.29 is 14.0 Å². The van der Waals surface area contributed by atoms with Crippen LogP contribution >= 0.6 is 0 Å². The first kappa shape index (κ1) is 13.0. The van der Waals surface area contributed by atoms with Crippen LogP contribution in [0, 0.1) is 0 Å². The van der Waals surface area contributed by atoms with Crippen molar-refractivity contribution in [2.24, 2.45) is 0 Å². The second-order valence-electron chi connectivity index (χ2n) is 4.59. The van der Waals surface area contributed by atoms with Gasteiger partial charge in [-0.25, -0.2) is 0 Å². The molecule has 0 atom stereocenters. The van der Waals surface area contributed by atoms with E-state index in [1.165, 1.54) is 12.1 Å². The first-order chi connectivity index (χ1) is 10.2. The van der Waals surface area contributed by atoms with Gasteiger partial charge in [0.1, 0.15) is 23.9 Å². The van der Waals surface area contributed by atoms with Gasteiger partial charge < -0.3 is 4.42 Å². The van der Waals surface area contributed by atoms with Crippen LogP contribution in [0.2, 0.25) is 0 Å². The molecule has 3 aromatic rings. The van der Waals surface area contributed by atoms with E-state index in [-0.39, 0.29) is 5.43 Å². The third kappa shape index (κ3) is 2.39. The van der Waals surface area contributed by atoms with Crippen molar-refractivity contribution in [3.8, 4) is 11.3 Å². The van der Waals surface area contributed by atoms with Crippen LogP contribution in [0.3, 0.4) is 0 Å². The lowest BCUT2D eigenvalue weighted by atomic mass is 10.1. The zero-order chi connectivity index (χ0) is 14.8. The van der Waals surface area contributed by atoms with Gasteiger partial charge in [0.15, 0.2) is 5.43 Å². The van der Waals surface area contributed by atoms with Gasteiger partial charge in [-0.2, -0.15) is 0 Å². The van der Waals surface area contributed by atoms with E-state index in [1.54, 1.807) is 36.4 Å². The Morgan fingerprint density at radius 3 is 2.14 bits per heavy atom. The maximum absolute atomic E-state index is 12.1. The summed E-state index contributed by atoms with van der Waals surface area (Å²) in [6, 6.07) is 12.8. The molecular weight excluding hydrogens is 268 g/mol. The van der Waals surface area contributed by atoms with E-state index in [0.29, 0.717) is 39.7 Å². The smallest absolute Gasteiger partial charge is 0.193 e. The minimum atomic E-state index is -0.214. The molecule has 0 spiro atoms. The largest absolute Gasteiger partial charge is 0.456 e. The Bertz CT molecular complexity index is 889. The van der Waals surface area contributed by atoms with Crippen molar-refractivity contribution in [3.05, 3.63) is 69.9 Å². The number of carbonyl (C=O) groups excluding carboxylic acids is 2. The van der Waals surface area contributed by atoms with Gasteiger partial charge in [0.2, 0.25) is 0 Å². The molecule has 21 heavy (non-hydrogen) atoms. The van der Waals surface area contributed by atoms with Gasteiger partial charge >= 0.3 is 0 Å². The Morgan fingerprint density at radius 1 is 0.810 bits per heavy atom. The molecule has 102 valence electrons. The molecule has 0 aliphatic rings. The van der Waals surface area contributed by atoms with Crippen molar-refractivity contribution in [2.75, 3.05) is 0 Å². The molecule has 0 aliphatic heterocycles. The molecule has 0 saturated heterocycles. The molecule has 0 amide bonds. The van der Waals surface area contributed by atoms with Crippen molar-refractivity contribution in [2.45, 2.75) is 0 Å². The summed E-state index contributed by atoms with van der Waals surface area (Å²) in [6.07, 6.45) is 1.44. The van der Waals surface area contributed by atoms with Crippen LogP contribution in [0.4, 0.5) is 0 Å². The van der Waals surface area contributed by atoms with Crippen molar-refractivity contribution in [1.82, 2.24) is 0 Å².